The Morgan fingerprint density at radius 1 is 1.31 bits per heavy atom. The fourth-order valence-corrected chi connectivity index (χ4v) is 1.90. The Labute approximate surface area is 103 Å². The second-order valence-corrected chi connectivity index (χ2v) is 3.88. The molecule has 0 bridgehead atoms. The molecular formula is C12H19ClN2O. The monoisotopic (exact) mass is 242 g/mol. The van der Waals surface area contributed by atoms with Gasteiger partial charge >= 0.3 is 0 Å². The van der Waals surface area contributed by atoms with Crippen LogP contribution in [0.25, 0.3) is 0 Å². The van der Waals surface area contributed by atoms with Crippen LogP contribution in [0, 0.1) is 0 Å². The van der Waals surface area contributed by atoms with E-state index in [0.717, 1.165) is 38.5 Å². The number of nitrogens with one attached hydrogen (secondary N) is 1. The van der Waals surface area contributed by atoms with Gasteiger partial charge in [-0.25, -0.2) is 0 Å². The molecule has 0 radical (unpaired) electrons. The van der Waals surface area contributed by atoms with Gasteiger partial charge in [0.15, 0.2) is 0 Å². The van der Waals surface area contributed by atoms with Crippen LogP contribution in [0.1, 0.15) is 5.56 Å². The normalized spacial score (nSPS) is 16.6. The summed E-state index contributed by atoms with van der Waals surface area (Å²) >= 11 is 0. The number of hydrogen-bond donors (Lipinski definition) is 1. The number of nitrogens with zero attached hydrogens (tertiary/aromatic N) is 1. The van der Waals surface area contributed by atoms with Crippen molar-refractivity contribution in [1.29, 1.82) is 0 Å². The zero-order valence-corrected chi connectivity index (χ0v) is 10.4. The largest absolute Gasteiger partial charge is 0.497 e. The Bertz CT molecular complexity index is 314. The van der Waals surface area contributed by atoms with Crippen LogP contribution in [0.2, 0.25) is 0 Å². The van der Waals surface area contributed by atoms with E-state index in [2.05, 4.69) is 28.4 Å². The van der Waals surface area contributed by atoms with Gasteiger partial charge < -0.3 is 10.1 Å². The van der Waals surface area contributed by atoms with E-state index in [0.29, 0.717) is 0 Å². The Hall–Kier alpha value is -0.770. The van der Waals surface area contributed by atoms with Gasteiger partial charge in [-0.3, -0.25) is 4.90 Å². The first-order valence-corrected chi connectivity index (χ1v) is 5.44. The van der Waals surface area contributed by atoms with Crippen LogP contribution in [0.4, 0.5) is 0 Å². The molecule has 16 heavy (non-hydrogen) atoms. The third-order valence-corrected chi connectivity index (χ3v) is 2.75. The van der Waals surface area contributed by atoms with Crippen LogP contribution in [-0.2, 0) is 6.54 Å². The van der Waals surface area contributed by atoms with E-state index >= 15 is 0 Å². The van der Waals surface area contributed by atoms with E-state index in [4.69, 9.17) is 4.74 Å². The predicted molar refractivity (Wildman–Crippen MR) is 68.4 cm³/mol. The molecule has 1 aliphatic rings. The molecule has 0 spiro atoms. The van der Waals surface area contributed by atoms with Gasteiger partial charge in [0.05, 0.1) is 7.11 Å². The lowest BCUT2D eigenvalue weighted by atomic mass is 10.2. The van der Waals surface area contributed by atoms with Crippen molar-refractivity contribution in [2.24, 2.45) is 0 Å². The zero-order valence-electron chi connectivity index (χ0n) is 9.61. The minimum atomic E-state index is 0. The van der Waals surface area contributed by atoms with Crippen molar-refractivity contribution in [3.8, 4) is 5.75 Å². The van der Waals surface area contributed by atoms with Crippen molar-refractivity contribution < 1.29 is 4.74 Å². The van der Waals surface area contributed by atoms with Gasteiger partial charge in [-0.15, -0.1) is 12.4 Å². The average molecular weight is 243 g/mol. The molecule has 90 valence electrons. The third-order valence-electron chi connectivity index (χ3n) is 2.75. The van der Waals surface area contributed by atoms with E-state index in [1.165, 1.54) is 5.56 Å². The van der Waals surface area contributed by atoms with Crippen LogP contribution >= 0.6 is 12.4 Å². The molecule has 1 saturated heterocycles. The number of piperazine rings is 1. The SMILES string of the molecule is COc1cccc(CN2CCNCC2)c1.Cl. The summed E-state index contributed by atoms with van der Waals surface area (Å²) in [5.41, 5.74) is 1.33. The molecule has 1 aromatic carbocycles. The van der Waals surface area contributed by atoms with Crippen molar-refractivity contribution in [2.75, 3.05) is 33.3 Å². The maximum absolute atomic E-state index is 5.21. The van der Waals surface area contributed by atoms with Crippen LogP contribution in [0.15, 0.2) is 24.3 Å². The molecule has 1 aromatic rings. The summed E-state index contributed by atoms with van der Waals surface area (Å²) < 4.78 is 5.21. The van der Waals surface area contributed by atoms with Gasteiger partial charge in [0.25, 0.3) is 0 Å². The van der Waals surface area contributed by atoms with E-state index in [1.807, 2.05) is 6.07 Å². The smallest absolute Gasteiger partial charge is 0.119 e. The molecule has 0 amide bonds. The highest BCUT2D eigenvalue weighted by Crippen LogP contribution is 2.14. The fourth-order valence-electron chi connectivity index (χ4n) is 1.90. The summed E-state index contributed by atoms with van der Waals surface area (Å²) in [4.78, 5) is 2.46. The van der Waals surface area contributed by atoms with Gasteiger partial charge in [0, 0.05) is 32.7 Å². The minimum Gasteiger partial charge on any atom is -0.497 e. The van der Waals surface area contributed by atoms with Gasteiger partial charge in [-0.05, 0) is 17.7 Å². The average Bonchev–Trinajstić information content (AvgIpc) is 2.31. The highest BCUT2D eigenvalue weighted by atomic mass is 35.5. The topological polar surface area (TPSA) is 24.5 Å². The number of halogens is 1. The van der Waals surface area contributed by atoms with E-state index < -0.39 is 0 Å². The highest BCUT2D eigenvalue weighted by molar-refractivity contribution is 5.85. The molecule has 0 saturated carbocycles. The Balaban J connectivity index is 0.00000128. The lowest BCUT2D eigenvalue weighted by molar-refractivity contribution is 0.233. The summed E-state index contributed by atoms with van der Waals surface area (Å²) in [6, 6.07) is 8.31. The molecule has 0 unspecified atom stereocenters. The van der Waals surface area contributed by atoms with Crippen molar-refractivity contribution in [3.63, 3.8) is 0 Å². The Morgan fingerprint density at radius 3 is 2.75 bits per heavy atom. The molecule has 1 heterocycles. The molecule has 1 N–H and O–H groups in total. The molecule has 4 heteroatoms. The lowest BCUT2D eigenvalue weighted by Gasteiger charge is -2.27. The van der Waals surface area contributed by atoms with Gasteiger partial charge in [-0.2, -0.15) is 0 Å². The molecule has 0 atom stereocenters. The first-order chi connectivity index (χ1) is 7.38. The maximum atomic E-state index is 5.21. The highest BCUT2D eigenvalue weighted by Gasteiger charge is 2.09. The van der Waals surface area contributed by atoms with E-state index in [1.54, 1.807) is 7.11 Å². The van der Waals surface area contributed by atoms with E-state index in [9.17, 15) is 0 Å². The van der Waals surface area contributed by atoms with Crippen molar-refractivity contribution in [3.05, 3.63) is 29.8 Å². The Morgan fingerprint density at radius 2 is 2.06 bits per heavy atom. The van der Waals surface area contributed by atoms with Crippen molar-refractivity contribution in [1.82, 2.24) is 10.2 Å². The fraction of sp³-hybridized carbons (Fsp3) is 0.500. The van der Waals surface area contributed by atoms with Gasteiger partial charge in [0.1, 0.15) is 5.75 Å². The summed E-state index contributed by atoms with van der Waals surface area (Å²) in [6.07, 6.45) is 0. The zero-order chi connectivity index (χ0) is 10.5. The summed E-state index contributed by atoms with van der Waals surface area (Å²) in [7, 11) is 1.71. The molecule has 1 fully saturated rings. The minimum absolute atomic E-state index is 0. The Kier molecular flexibility index (Phi) is 5.60. The molecule has 0 aromatic heterocycles. The number of hydrogen-bond acceptors (Lipinski definition) is 3. The van der Waals surface area contributed by atoms with E-state index in [-0.39, 0.29) is 12.4 Å². The van der Waals surface area contributed by atoms with Crippen LogP contribution in [0.3, 0.4) is 0 Å². The molecule has 3 nitrogen and oxygen atoms in total. The quantitative estimate of drug-likeness (QED) is 0.870. The number of ether oxygens (including phenoxy) is 1. The second-order valence-electron chi connectivity index (χ2n) is 3.88. The first kappa shape index (κ1) is 13.3. The second kappa shape index (κ2) is 6.74. The molecular weight excluding hydrogens is 224 g/mol. The first-order valence-electron chi connectivity index (χ1n) is 5.44. The standard InChI is InChI=1S/C12H18N2O.ClH/c1-15-12-4-2-3-11(9-12)10-14-7-5-13-6-8-14;/h2-4,9,13H,5-8,10H2,1H3;1H. The summed E-state index contributed by atoms with van der Waals surface area (Å²) in [6.45, 7) is 5.50. The number of rotatable bonds is 3. The van der Waals surface area contributed by atoms with Gasteiger partial charge in [0.2, 0.25) is 0 Å². The molecule has 2 rings (SSSR count). The third kappa shape index (κ3) is 3.67. The number of methoxy groups -OCH3 is 1. The predicted octanol–water partition coefficient (Wildman–Crippen LogP) is 1.52. The lowest BCUT2D eigenvalue weighted by Crippen LogP contribution is -2.42. The van der Waals surface area contributed by atoms with Crippen LogP contribution in [0.5, 0.6) is 5.75 Å². The maximum Gasteiger partial charge on any atom is 0.119 e. The van der Waals surface area contributed by atoms with Crippen molar-refractivity contribution >= 4 is 12.4 Å². The summed E-state index contributed by atoms with van der Waals surface area (Å²) in [5.74, 6) is 0.947. The number of benzene rings is 1. The van der Waals surface area contributed by atoms with Crippen LogP contribution in [-0.4, -0.2) is 38.2 Å². The summed E-state index contributed by atoms with van der Waals surface area (Å²) in [5, 5.41) is 3.36. The molecule has 1 aliphatic heterocycles. The van der Waals surface area contributed by atoms with Crippen molar-refractivity contribution in [2.45, 2.75) is 6.54 Å². The van der Waals surface area contributed by atoms with Crippen LogP contribution < -0.4 is 10.1 Å². The van der Waals surface area contributed by atoms with Gasteiger partial charge in [-0.1, -0.05) is 12.1 Å². The molecule has 0 aliphatic carbocycles.